The summed E-state index contributed by atoms with van der Waals surface area (Å²) in [6.07, 6.45) is 7.06. The predicted octanol–water partition coefficient (Wildman–Crippen LogP) is 5.86. The summed E-state index contributed by atoms with van der Waals surface area (Å²) in [4.78, 5) is 31.6. The van der Waals surface area contributed by atoms with E-state index in [2.05, 4.69) is 22.5 Å². The summed E-state index contributed by atoms with van der Waals surface area (Å²) >= 11 is 0. The smallest absolute Gasteiger partial charge is 0.321 e. The highest BCUT2D eigenvalue weighted by Crippen LogP contribution is 2.13. The second kappa shape index (κ2) is 16.0. The highest BCUT2D eigenvalue weighted by atomic mass is 19.1. The molecule has 1 aliphatic heterocycles. The fraction of sp³-hybridized carbons (Fsp3) is 0.533. The summed E-state index contributed by atoms with van der Waals surface area (Å²) in [6.45, 7) is 9.38. The van der Waals surface area contributed by atoms with E-state index < -0.39 is 0 Å². The lowest BCUT2D eigenvalue weighted by Gasteiger charge is -2.35. The number of carbonyl (C=O) groups is 2. The van der Waals surface area contributed by atoms with Gasteiger partial charge in [-0.2, -0.15) is 0 Å². The molecule has 0 radical (unpaired) electrons. The van der Waals surface area contributed by atoms with Crippen LogP contribution < -0.4 is 10.6 Å². The Labute approximate surface area is 227 Å². The lowest BCUT2D eigenvalue weighted by molar-refractivity contribution is 0.134. The first kappa shape index (κ1) is 29.4. The summed E-state index contributed by atoms with van der Waals surface area (Å²) in [5.41, 5.74) is 2.81. The third-order valence-corrected chi connectivity index (χ3v) is 7.00. The van der Waals surface area contributed by atoms with Gasteiger partial charge in [0.15, 0.2) is 0 Å². The van der Waals surface area contributed by atoms with Gasteiger partial charge in [-0.15, -0.1) is 0 Å². The van der Waals surface area contributed by atoms with Crippen molar-refractivity contribution in [2.45, 2.75) is 58.9 Å². The number of carbonyl (C=O) groups excluding carboxylic acids is 2. The Morgan fingerprint density at radius 2 is 1.66 bits per heavy atom. The van der Waals surface area contributed by atoms with Crippen molar-refractivity contribution in [2.24, 2.45) is 0 Å². The van der Waals surface area contributed by atoms with Crippen molar-refractivity contribution >= 4 is 17.7 Å². The monoisotopic (exact) mass is 525 g/mol. The fourth-order valence-corrected chi connectivity index (χ4v) is 4.64. The third kappa shape index (κ3) is 10.3. The minimum absolute atomic E-state index is 0.0812. The molecule has 7 nitrogen and oxygen atoms in total. The first-order valence-corrected chi connectivity index (χ1v) is 14.1. The van der Waals surface area contributed by atoms with Gasteiger partial charge >= 0.3 is 12.1 Å². The second-order valence-corrected chi connectivity index (χ2v) is 10.2. The van der Waals surface area contributed by atoms with Crippen molar-refractivity contribution in [2.75, 3.05) is 51.1 Å². The molecule has 0 aromatic heterocycles. The Bertz CT molecular complexity index is 992. The van der Waals surface area contributed by atoms with E-state index >= 15 is 0 Å². The molecule has 0 spiro atoms. The first-order valence-electron chi connectivity index (χ1n) is 14.1. The van der Waals surface area contributed by atoms with Crippen LogP contribution in [-0.2, 0) is 6.54 Å². The number of amides is 4. The maximum atomic E-state index is 13.4. The van der Waals surface area contributed by atoms with Gasteiger partial charge in [-0.1, -0.05) is 63.3 Å². The van der Waals surface area contributed by atoms with Crippen LogP contribution in [0.4, 0.5) is 19.7 Å². The van der Waals surface area contributed by atoms with Crippen molar-refractivity contribution in [3.8, 4) is 0 Å². The van der Waals surface area contributed by atoms with Crippen LogP contribution in [0.25, 0.3) is 0 Å². The van der Waals surface area contributed by atoms with Crippen molar-refractivity contribution in [3.05, 3.63) is 65.5 Å². The van der Waals surface area contributed by atoms with Gasteiger partial charge in [0.1, 0.15) is 5.82 Å². The van der Waals surface area contributed by atoms with Crippen LogP contribution in [-0.4, -0.2) is 72.6 Å². The van der Waals surface area contributed by atoms with Crippen LogP contribution in [0.3, 0.4) is 0 Å². The largest absolute Gasteiger partial charge is 0.338 e. The Morgan fingerprint density at radius 1 is 0.947 bits per heavy atom. The van der Waals surface area contributed by atoms with Crippen LogP contribution >= 0.6 is 0 Å². The molecular weight excluding hydrogens is 481 g/mol. The minimum Gasteiger partial charge on any atom is -0.338 e. The van der Waals surface area contributed by atoms with E-state index in [9.17, 15) is 14.0 Å². The normalized spacial score (nSPS) is 13.8. The standard InChI is InChI=1S/C30H44FN5O2/c1-3-4-5-6-7-8-16-32-29(37)36(24-26-12-14-27(31)15-13-26)22-19-34-17-20-35(21-18-34)30(38)33-28-11-9-10-25(2)23-28/h9-15,23H,3-8,16-22,24H2,1-2H3,(H,32,37)(H,33,38). The summed E-state index contributed by atoms with van der Waals surface area (Å²) in [7, 11) is 0. The molecule has 0 bridgehead atoms. The number of nitrogens with one attached hydrogen (secondary N) is 2. The average molecular weight is 526 g/mol. The quantitative estimate of drug-likeness (QED) is 0.322. The van der Waals surface area contributed by atoms with E-state index in [4.69, 9.17) is 0 Å². The van der Waals surface area contributed by atoms with E-state index in [1.807, 2.05) is 36.1 Å². The summed E-state index contributed by atoms with van der Waals surface area (Å²) in [5, 5.41) is 6.06. The van der Waals surface area contributed by atoms with Gasteiger partial charge < -0.3 is 20.4 Å². The molecule has 2 N–H and O–H groups in total. The molecule has 8 heteroatoms. The number of benzene rings is 2. The minimum atomic E-state index is -0.280. The molecule has 2 aromatic rings. The molecule has 1 heterocycles. The van der Waals surface area contributed by atoms with Crippen LogP contribution in [0.15, 0.2) is 48.5 Å². The topological polar surface area (TPSA) is 67.9 Å². The van der Waals surface area contributed by atoms with Crippen molar-refractivity contribution in [3.63, 3.8) is 0 Å². The number of urea groups is 2. The third-order valence-electron chi connectivity index (χ3n) is 7.00. The van der Waals surface area contributed by atoms with E-state index in [0.29, 0.717) is 32.7 Å². The van der Waals surface area contributed by atoms with E-state index in [-0.39, 0.29) is 17.9 Å². The Hall–Kier alpha value is -3.13. The molecule has 1 aliphatic rings. The SMILES string of the molecule is CCCCCCCCNC(=O)N(CCN1CCN(C(=O)Nc2cccc(C)c2)CC1)Cc1ccc(F)cc1. The number of nitrogens with zero attached hydrogens (tertiary/aromatic N) is 3. The molecule has 208 valence electrons. The number of anilines is 1. The highest BCUT2D eigenvalue weighted by molar-refractivity contribution is 5.89. The Morgan fingerprint density at radius 3 is 2.37 bits per heavy atom. The van der Waals surface area contributed by atoms with Crippen LogP contribution in [0.2, 0.25) is 0 Å². The van der Waals surface area contributed by atoms with E-state index in [1.54, 1.807) is 17.0 Å². The van der Waals surface area contributed by atoms with E-state index in [1.165, 1.54) is 37.8 Å². The van der Waals surface area contributed by atoms with Crippen LogP contribution in [0.1, 0.15) is 56.6 Å². The molecule has 1 saturated heterocycles. The Kier molecular flexibility index (Phi) is 12.4. The number of rotatable bonds is 13. The molecule has 3 rings (SSSR count). The maximum absolute atomic E-state index is 13.4. The second-order valence-electron chi connectivity index (χ2n) is 10.2. The molecule has 0 saturated carbocycles. The zero-order valence-electron chi connectivity index (χ0n) is 23.1. The molecule has 38 heavy (non-hydrogen) atoms. The molecule has 2 aromatic carbocycles. The maximum Gasteiger partial charge on any atom is 0.321 e. The number of piperazine rings is 1. The lowest BCUT2D eigenvalue weighted by atomic mass is 10.1. The van der Waals surface area contributed by atoms with Crippen LogP contribution in [0.5, 0.6) is 0 Å². The molecule has 0 atom stereocenters. The molecule has 0 unspecified atom stereocenters. The average Bonchev–Trinajstić information content (AvgIpc) is 2.91. The van der Waals surface area contributed by atoms with Crippen molar-refractivity contribution in [1.29, 1.82) is 0 Å². The molecule has 4 amide bonds. The number of hydrogen-bond donors (Lipinski definition) is 2. The number of aryl methyl sites for hydroxylation is 1. The molecular formula is C30H44FN5O2. The lowest BCUT2D eigenvalue weighted by Crippen LogP contribution is -2.52. The zero-order chi connectivity index (χ0) is 27.2. The van der Waals surface area contributed by atoms with Crippen molar-refractivity contribution < 1.29 is 14.0 Å². The Balaban J connectivity index is 1.45. The zero-order valence-corrected chi connectivity index (χ0v) is 23.1. The predicted molar refractivity (Wildman–Crippen MR) is 152 cm³/mol. The van der Waals surface area contributed by atoms with Gasteiger partial charge in [0, 0.05) is 58.0 Å². The fourth-order valence-electron chi connectivity index (χ4n) is 4.64. The number of unbranched alkanes of at least 4 members (excludes halogenated alkanes) is 5. The summed E-state index contributed by atoms with van der Waals surface area (Å²) in [5.74, 6) is -0.280. The first-order chi connectivity index (χ1) is 18.4. The highest BCUT2D eigenvalue weighted by Gasteiger charge is 2.22. The molecule has 0 aliphatic carbocycles. The van der Waals surface area contributed by atoms with Gasteiger partial charge in [0.25, 0.3) is 0 Å². The summed E-state index contributed by atoms with van der Waals surface area (Å²) < 4.78 is 13.4. The van der Waals surface area contributed by atoms with Gasteiger partial charge in [-0.3, -0.25) is 4.90 Å². The number of halogens is 1. The molecule has 1 fully saturated rings. The summed E-state index contributed by atoms with van der Waals surface area (Å²) in [6, 6.07) is 14.0. The van der Waals surface area contributed by atoms with Gasteiger partial charge in [0.05, 0.1) is 0 Å². The van der Waals surface area contributed by atoms with Crippen molar-refractivity contribution in [1.82, 2.24) is 20.0 Å². The van der Waals surface area contributed by atoms with Crippen LogP contribution in [0, 0.1) is 12.7 Å². The van der Waals surface area contributed by atoms with Gasteiger partial charge in [-0.25, -0.2) is 14.0 Å². The van der Waals surface area contributed by atoms with E-state index in [0.717, 1.165) is 49.3 Å². The van der Waals surface area contributed by atoms with Gasteiger partial charge in [-0.05, 0) is 48.7 Å². The number of hydrogen-bond acceptors (Lipinski definition) is 3. The van der Waals surface area contributed by atoms with Gasteiger partial charge in [0.2, 0.25) is 0 Å².